The topological polar surface area (TPSA) is 56.7 Å². The van der Waals surface area contributed by atoms with E-state index in [4.69, 9.17) is 17.3 Å². The van der Waals surface area contributed by atoms with Crippen LogP contribution < -0.4 is 5.73 Å². The van der Waals surface area contributed by atoms with Crippen molar-refractivity contribution in [1.29, 1.82) is 0 Å². The first-order valence-electron chi connectivity index (χ1n) is 5.65. The zero-order valence-corrected chi connectivity index (χ0v) is 10.6. The SMILES string of the molecule is Nc1nc2cnccc2n1Cc1ccc(F)c(Cl)c1. The predicted octanol–water partition coefficient (Wildman–Crippen LogP) is 2.85. The van der Waals surface area contributed by atoms with E-state index in [0.717, 1.165) is 16.6 Å². The van der Waals surface area contributed by atoms with Crippen molar-refractivity contribution >= 4 is 28.6 Å². The molecule has 0 aliphatic rings. The lowest BCUT2D eigenvalue weighted by atomic mass is 10.2. The summed E-state index contributed by atoms with van der Waals surface area (Å²) in [5, 5.41) is 0.0992. The Morgan fingerprint density at radius 1 is 1.32 bits per heavy atom. The highest BCUT2D eigenvalue weighted by atomic mass is 35.5. The summed E-state index contributed by atoms with van der Waals surface area (Å²) < 4.78 is 15.0. The summed E-state index contributed by atoms with van der Waals surface area (Å²) in [7, 11) is 0. The molecule has 0 spiro atoms. The highest BCUT2D eigenvalue weighted by molar-refractivity contribution is 6.30. The number of hydrogen-bond acceptors (Lipinski definition) is 3. The van der Waals surface area contributed by atoms with Crippen LogP contribution in [0.4, 0.5) is 10.3 Å². The maximum atomic E-state index is 13.1. The van der Waals surface area contributed by atoms with Gasteiger partial charge in [0.2, 0.25) is 5.95 Å². The Morgan fingerprint density at radius 2 is 2.16 bits per heavy atom. The van der Waals surface area contributed by atoms with Gasteiger partial charge in [0.25, 0.3) is 0 Å². The molecular weight excluding hydrogens is 267 g/mol. The van der Waals surface area contributed by atoms with Gasteiger partial charge in [0.15, 0.2) is 0 Å². The third kappa shape index (κ3) is 2.13. The molecule has 0 aliphatic heterocycles. The number of aromatic nitrogens is 3. The normalized spacial score (nSPS) is 11.1. The summed E-state index contributed by atoms with van der Waals surface area (Å²) in [6.07, 6.45) is 3.33. The second-order valence-corrected chi connectivity index (χ2v) is 4.58. The fourth-order valence-corrected chi connectivity index (χ4v) is 2.19. The molecule has 19 heavy (non-hydrogen) atoms. The Bertz CT molecular complexity index is 753. The first-order chi connectivity index (χ1) is 9.15. The van der Waals surface area contributed by atoms with E-state index in [9.17, 15) is 4.39 Å². The second kappa shape index (κ2) is 4.51. The minimum Gasteiger partial charge on any atom is -0.369 e. The van der Waals surface area contributed by atoms with Crippen LogP contribution in [0.25, 0.3) is 11.0 Å². The quantitative estimate of drug-likeness (QED) is 0.783. The fraction of sp³-hybridized carbons (Fsp3) is 0.0769. The van der Waals surface area contributed by atoms with Crippen molar-refractivity contribution in [2.45, 2.75) is 6.54 Å². The van der Waals surface area contributed by atoms with Gasteiger partial charge in [0.1, 0.15) is 11.3 Å². The number of fused-ring (bicyclic) bond motifs is 1. The lowest BCUT2D eigenvalue weighted by molar-refractivity contribution is 0.627. The number of imidazole rings is 1. The molecular formula is C13H10ClFN4. The first-order valence-corrected chi connectivity index (χ1v) is 6.02. The van der Waals surface area contributed by atoms with Gasteiger partial charge in [-0.2, -0.15) is 0 Å². The van der Waals surface area contributed by atoms with Gasteiger partial charge in [-0.3, -0.25) is 4.98 Å². The van der Waals surface area contributed by atoms with E-state index in [-0.39, 0.29) is 5.02 Å². The Labute approximate surface area is 113 Å². The van der Waals surface area contributed by atoms with E-state index in [2.05, 4.69) is 9.97 Å². The molecule has 2 heterocycles. The number of rotatable bonds is 2. The number of nitrogen functional groups attached to an aromatic ring is 1. The summed E-state index contributed by atoms with van der Waals surface area (Å²) >= 11 is 5.77. The van der Waals surface area contributed by atoms with Gasteiger partial charge in [-0.15, -0.1) is 0 Å². The first kappa shape index (κ1) is 11.9. The van der Waals surface area contributed by atoms with Crippen molar-refractivity contribution in [3.05, 3.63) is 53.1 Å². The lowest BCUT2D eigenvalue weighted by Crippen LogP contribution is -2.04. The van der Waals surface area contributed by atoms with Crippen LogP contribution in [0, 0.1) is 5.82 Å². The molecule has 3 rings (SSSR count). The summed E-state index contributed by atoms with van der Waals surface area (Å²) in [6, 6.07) is 6.44. The molecule has 0 atom stereocenters. The third-order valence-electron chi connectivity index (χ3n) is 2.90. The average molecular weight is 277 g/mol. The van der Waals surface area contributed by atoms with Crippen LogP contribution in [-0.2, 0) is 6.54 Å². The van der Waals surface area contributed by atoms with Crippen LogP contribution in [0.3, 0.4) is 0 Å². The van der Waals surface area contributed by atoms with Crippen LogP contribution in [0.5, 0.6) is 0 Å². The molecule has 0 aliphatic carbocycles. The van der Waals surface area contributed by atoms with Gasteiger partial charge in [-0.1, -0.05) is 17.7 Å². The molecule has 2 N–H and O–H groups in total. The zero-order valence-electron chi connectivity index (χ0n) is 9.85. The van der Waals surface area contributed by atoms with E-state index in [1.165, 1.54) is 6.07 Å². The number of anilines is 1. The third-order valence-corrected chi connectivity index (χ3v) is 3.19. The lowest BCUT2D eigenvalue weighted by Gasteiger charge is -2.07. The predicted molar refractivity (Wildman–Crippen MR) is 72.5 cm³/mol. The summed E-state index contributed by atoms with van der Waals surface area (Å²) in [5.74, 6) is -0.0403. The minimum absolute atomic E-state index is 0.0992. The van der Waals surface area contributed by atoms with Crippen molar-refractivity contribution < 1.29 is 4.39 Å². The molecule has 0 bridgehead atoms. The standard InChI is InChI=1S/C13H10ClFN4/c14-9-5-8(1-2-10(9)15)7-19-12-3-4-17-6-11(12)18-13(19)16/h1-6H,7H2,(H2,16,18). The largest absolute Gasteiger partial charge is 0.369 e. The highest BCUT2D eigenvalue weighted by Crippen LogP contribution is 2.21. The number of benzene rings is 1. The molecule has 0 saturated heterocycles. The van der Waals surface area contributed by atoms with E-state index >= 15 is 0 Å². The zero-order chi connectivity index (χ0) is 13.4. The van der Waals surface area contributed by atoms with Crippen molar-refractivity contribution in [2.75, 3.05) is 5.73 Å². The molecule has 6 heteroatoms. The Morgan fingerprint density at radius 3 is 2.95 bits per heavy atom. The molecule has 0 saturated carbocycles. The number of halogens is 2. The van der Waals surface area contributed by atoms with Crippen molar-refractivity contribution in [2.24, 2.45) is 0 Å². The summed E-state index contributed by atoms with van der Waals surface area (Å²) in [5.41, 5.74) is 8.35. The van der Waals surface area contributed by atoms with E-state index in [1.54, 1.807) is 24.5 Å². The molecule has 96 valence electrons. The van der Waals surface area contributed by atoms with Crippen LogP contribution in [0.2, 0.25) is 5.02 Å². The van der Waals surface area contributed by atoms with Crippen LogP contribution in [0.15, 0.2) is 36.7 Å². The Kier molecular flexibility index (Phi) is 2.83. The molecule has 0 amide bonds. The summed E-state index contributed by atoms with van der Waals surface area (Å²) in [4.78, 5) is 8.22. The van der Waals surface area contributed by atoms with Gasteiger partial charge < -0.3 is 10.3 Å². The van der Waals surface area contributed by atoms with Gasteiger partial charge in [-0.05, 0) is 23.8 Å². The molecule has 3 aromatic rings. The molecule has 1 aromatic carbocycles. The summed E-state index contributed by atoms with van der Waals surface area (Å²) in [6.45, 7) is 0.479. The van der Waals surface area contributed by atoms with E-state index in [0.29, 0.717) is 12.5 Å². The maximum Gasteiger partial charge on any atom is 0.201 e. The smallest absolute Gasteiger partial charge is 0.201 e. The van der Waals surface area contributed by atoms with Gasteiger partial charge in [0.05, 0.1) is 23.3 Å². The number of nitrogens with two attached hydrogens (primary N) is 1. The monoisotopic (exact) mass is 276 g/mol. The Balaban J connectivity index is 2.05. The van der Waals surface area contributed by atoms with Gasteiger partial charge in [-0.25, -0.2) is 9.37 Å². The van der Waals surface area contributed by atoms with Crippen LogP contribution in [-0.4, -0.2) is 14.5 Å². The molecule has 0 fully saturated rings. The van der Waals surface area contributed by atoms with Crippen molar-refractivity contribution in [1.82, 2.24) is 14.5 Å². The molecule has 4 nitrogen and oxygen atoms in total. The number of hydrogen-bond donors (Lipinski definition) is 1. The van der Waals surface area contributed by atoms with Crippen molar-refractivity contribution in [3.63, 3.8) is 0 Å². The van der Waals surface area contributed by atoms with Crippen LogP contribution >= 0.6 is 11.6 Å². The molecule has 0 unspecified atom stereocenters. The van der Waals surface area contributed by atoms with Crippen LogP contribution in [0.1, 0.15) is 5.56 Å². The maximum absolute atomic E-state index is 13.1. The average Bonchev–Trinajstić information content (AvgIpc) is 2.71. The van der Waals surface area contributed by atoms with E-state index in [1.807, 2.05) is 10.6 Å². The highest BCUT2D eigenvalue weighted by Gasteiger charge is 2.09. The number of nitrogens with zero attached hydrogens (tertiary/aromatic N) is 3. The van der Waals surface area contributed by atoms with Gasteiger partial charge >= 0.3 is 0 Å². The fourth-order valence-electron chi connectivity index (χ4n) is 1.99. The van der Waals surface area contributed by atoms with Gasteiger partial charge in [0, 0.05) is 6.20 Å². The molecule has 0 radical (unpaired) electrons. The van der Waals surface area contributed by atoms with Crippen molar-refractivity contribution in [3.8, 4) is 0 Å². The minimum atomic E-state index is -0.432. The molecule has 2 aromatic heterocycles. The number of pyridine rings is 1. The Hall–Kier alpha value is -2.14. The van der Waals surface area contributed by atoms with E-state index < -0.39 is 5.82 Å². The second-order valence-electron chi connectivity index (χ2n) is 4.17.